The fraction of sp³-hybridized carbons (Fsp3) is 0.769. The second-order valence-corrected chi connectivity index (χ2v) is 5.67. The van der Waals surface area contributed by atoms with Crippen LogP contribution in [0.2, 0.25) is 0 Å². The maximum atomic E-state index is 12.3. The molecule has 6 nitrogen and oxygen atoms in total. The molecular formula is C13H19N3O3. The van der Waals surface area contributed by atoms with Gasteiger partial charge in [0.25, 0.3) is 0 Å². The minimum Gasteiger partial charge on any atom is -0.392 e. The van der Waals surface area contributed by atoms with E-state index < -0.39 is 11.6 Å². The Morgan fingerprint density at radius 3 is 2.68 bits per heavy atom. The highest BCUT2D eigenvalue weighted by Crippen LogP contribution is 2.40. The second-order valence-electron chi connectivity index (χ2n) is 5.67. The Kier molecular flexibility index (Phi) is 3.05. The largest absolute Gasteiger partial charge is 0.392 e. The Hall–Kier alpha value is -1.43. The van der Waals surface area contributed by atoms with Crippen LogP contribution in [0.3, 0.4) is 0 Å². The molecule has 2 unspecified atom stereocenters. The van der Waals surface area contributed by atoms with Gasteiger partial charge in [-0.1, -0.05) is 5.16 Å². The molecule has 1 amide bonds. The van der Waals surface area contributed by atoms with Crippen LogP contribution in [0.5, 0.6) is 0 Å². The fourth-order valence-corrected chi connectivity index (χ4v) is 3.00. The summed E-state index contributed by atoms with van der Waals surface area (Å²) in [5, 5.41) is 16.8. The molecule has 3 rings (SSSR count). The summed E-state index contributed by atoms with van der Waals surface area (Å²) in [5.41, 5.74) is -0.475. The Morgan fingerprint density at radius 2 is 2.21 bits per heavy atom. The van der Waals surface area contributed by atoms with Crippen molar-refractivity contribution in [1.29, 1.82) is 0 Å². The first-order valence-electron chi connectivity index (χ1n) is 6.92. The van der Waals surface area contributed by atoms with Crippen molar-refractivity contribution in [3.63, 3.8) is 0 Å². The van der Waals surface area contributed by atoms with Crippen molar-refractivity contribution in [2.24, 2.45) is 5.92 Å². The Labute approximate surface area is 111 Å². The van der Waals surface area contributed by atoms with Gasteiger partial charge in [-0.05, 0) is 38.5 Å². The van der Waals surface area contributed by atoms with Gasteiger partial charge >= 0.3 is 0 Å². The van der Waals surface area contributed by atoms with Crippen LogP contribution in [0.1, 0.15) is 50.2 Å². The molecule has 2 atom stereocenters. The summed E-state index contributed by atoms with van der Waals surface area (Å²) >= 11 is 0. The summed E-state index contributed by atoms with van der Waals surface area (Å²) in [6.07, 6.45) is 4.58. The third-order valence-corrected chi connectivity index (χ3v) is 4.34. The van der Waals surface area contributed by atoms with Gasteiger partial charge in [0, 0.05) is 6.92 Å². The van der Waals surface area contributed by atoms with Crippen LogP contribution in [0.25, 0.3) is 0 Å². The third kappa shape index (κ3) is 2.14. The quantitative estimate of drug-likeness (QED) is 0.852. The molecule has 2 aliphatic rings. The first-order chi connectivity index (χ1) is 9.11. The van der Waals surface area contributed by atoms with Crippen LogP contribution >= 0.6 is 0 Å². The molecule has 104 valence electrons. The van der Waals surface area contributed by atoms with Crippen molar-refractivity contribution >= 4 is 5.91 Å². The molecule has 0 aliphatic heterocycles. The van der Waals surface area contributed by atoms with E-state index in [1.807, 2.05) is 0 Å². The van der Waals surface area contributed by atoms with Crippen LogP contribution in [0.4, 0.5) is 0 Å². The van der Waals surface area contributed by atoms with Crippen LogP contribution in [0.15, 0.2) is 4.52 Å². The minimum absolute atomic E-state index is 0.0767. The normalized spacial score (nSPS) is 28.9. The number of rotatable bonds is 3. The van der Waals surface area contributed by atoms with E-state index >= 15 is 0 Å². The van der Waals surface area contributed by atoms with Crippen molar-refractivity contribution < 1.29 is 14.4 Å². The topological polar surface area (TPSA) is 88.2 Å². The van der Waals surface area contributed by atoms with Gasteiger partial charge in [-0.15, -0.1) is 0 Å². The Balaban J connectivity index is 1.75. The van der Waals surface area contributed by atoms with E-state index in [0.29, 0.717) is 18.1 Å². The van der Waals surface area contributed by atoms with Crippen LogP contribution in [-0.4, -0.2) is 27.3 Å². The predicted molar refractivity (Wildman–Crippen MR) is 66.1 cm³/mol. The van der Waals surface area contributed by atoms with Gasteiger partial charge in [-0.2, -0.15) is 4.98 Å². The molecule has 1 aromatic heterocycles. The molecular weight excluding hydrogens is 246 g/mol. The average molecular weight is 265 g/mol. The van der Waals surface area contributed by atoms with Gasteiger partial charge in [0.05, 0.1) is 12.0 Å². The molecule has 2 aliphatic carbocycles. The lowest BCUT2D eigenvalue weighted by Crippen LogP contribution is -2.53. The first kappa shape index (κ1) is 12.6. The molecule has 6 heteroatoms. The number of hydrogen-bond donors (Lipinski definition) is 2. The molecule has 1 aromatic rings. The molecule has 0 spiro atoms. The number of aliphatic hydroxyl groups is 1. The predicted octanol–water partition coefficient (Wildman–Crippen LogP) is 1.03. The number of carbonyl (C=O) groups excluding carboxylic acids is 1. The SMILES string of the molecule is Cc1nc(C2(NC(=O)C3CCCC3O)CCC2)no1. The number of nitrogens with one attached hydrogen (secondary N) is 1. The molecule has 19 heavy (non-hydrogen) atoms. The van der Waals surface area contributed by atoms with Crippen molar-refractivity contribution in [3.8, 4) is 0 Å². The number of carbonyl (C=O) groups is 1. The van der Waals surface area contributed by atoms with Gasteiger partial charge in [-0.25, -0.2) is 0 Å². The smallest absolute Gasteiger partial charge is 0.226 e. The van der Waals surface area contributed by atoms with Gasteiger partial charge in [0.1, 0.15) is 5.54 Å². The summed E-state index contributed by atoms with van der Waals surface area (Å²) in [6.45, 7) is 1.74. The van der Waals surface area contributed by atoms with Crippen molar-refractivity contribution in [2.45, 2.75) is 57.1 Å². The summed E-state index contributed by atoms with van der Waals surface area (Å²) in [6, 6.07) is 0. The van der Waals surface area contributed by atoms with Gasteiger partial charge in [0.15, 0.2) is 5.82 Å². The van der Waals surface area contributed by atoms with Crippen LogP contribution in [-0.2, 0) is 10.3 Å². The summed E-state index contributed by atoms with van der Waals surface area (Å²) in [7, 11) is 0. The number of aromatic nitrogens is 2. The van der Waals surface area contributed by atoms with E-state index in [9.17, 15) is 9.90 Å². The number of nitrogens with zero attached hydrogens (tertiary/aromatic N) is 2. The van der Waals surface area contributed by atoms with E-state index in [1.54, 1.807) is 6.92 Å². The number of aliphatic hydroxyl groups excluding tert-OH is 1. The minimum atomic E-state index is -0.510. The third-order valence-electron chi connectivity index (χ3n) is 4.34. The van der Waals surface area contributed by atoms with E-state index in [2.05, 4.69) is 15.5 Å². The van der Waals surface area contributed by atoms with Crippen LogP contribution in [0, 0.1) is 12.8 Å². The lowest BCUT2D eigenvalue weighted by Gasteiger charge is -2.40. The summed E-state index contributed by atoms with van der Waals surface area (Å²) < 4.78 is 5.01. The number of hydrogen-bond acceptors (Lipinski definition) is 5. The maximum Gasteiger partial charge on any atom is 0.226 e. The highest BCUT2D eigenvalue weighted by molar-refractivity contribution is 5.80. The van der Waals surface area contributed by atoms with Gasteiger partial charge in [0.2, 0.25) is 11.8 Å². The lowest BCUT2D eigenvalue weighted by atomic mass is 9.75. The molecule has 0 saturated heterocycles. The second kappa shape index (κ2) is 4.59. The average Bonchev–Trinajstić information content (AvgIpc) is 2.92. The number of amides is 1. The van der Waals surface area contributed by atoms with Gasteiger partial charge < -0.3 is 14.9 Å². The Morgan fingerprint density at radius 1 is 1.42 bits per heavy atom. The van der Waals surface area contributed by atoms with Crippen LogP contribution < -0.4 is 5.32 Å². The highest BCUT2D eigenvalue weighted by atomic mass is 16.5. The molecule has 0 bridgehead atoms. The summed E-state index contributed by atoms with van der Waals surface area (Å²) in [5.74, 6) is 0.714. The molecule has 2 fully saturated rings. The molecule has 2 N–H and O–H groups in total. The maximum absolute atomic E-state index is 12.3. The highest BCUT2D eigenvalue weighted by Gasteiger charge is 2.46. The summed E-state index contributed by atoms with van der Waals surface area (Å²) in [4.78, 5) is 16.5. The van der Waals surface area contributed by atoms with Crippen molar-refractivity contribution in [1.82, 2.24) is 15.5 Å². The van der Waals surface area contributed by atoms with E-state index in [-0.39, 0.29) is 11.8 Å². The van der Waals surface area contributed by atoms with Gasteiger partial charge in [-0.3, -0.25) is 4.79 Å². The first-order valence-corrected chi connectivity index (χ1v) is 6.92. The molecule has 0 aromatic carbocycles. The lowest BCUT2D eigenvalue weighted by molar-refractivity contribution is -0.131. The molecule has 2 saturated carbocycles. The van der Waals surface area contributed by atoms with Crippen molar-refractivity contribution in [3.05, 3.63) is 11.7 Å². The number of aryl methyl sites for hydroxylation is 1. The molecule has 1 heterocycles. The molecule has 0 radical (unpaired) electrons. The van der Waals surface area contributed by atoms with E-state index in [4.69, 9.17) is 4.52 Å². The van der Waals surface area contributed by atoms with E-state index in [1.165, 1.54) is 0 Å². The standard InChI is InChI=1S/C13H19N3O3/c1-8-14-12(16-19-8)13(6-3-7-13)15-11(18)9-4-2-5-10(9)17/h9-10,17H,2-7H2,1H3,(H,15,18). The zero-order valence-electron chi connectivity index (χ0n) is 11.1. The van der Waals surface area contributed by atoms with Crippen molar-refractivity contribution in [2.75, 3.05) is 0 Å². The van der Waals surface area contributed by atoms with E-state index in [0.717, 1.165) is 32.1 Å². The Bertz CT molecular complexity index is 481. The zero-order valence-corrected chi connectivity index (χ0v) is 11.1. The zero-order chi connectivity index (χ0) is 13.5. The fourth-order valence-electron chi connectivity index (χ4n) is 3.00. The monoisotopic (exact) mass is 265 g/mol.